The zero-order valence-corrected chi connectivity index (χ0v) is 16.9. The van der Waals surface area contributed by atoms with Gasteiger partial charge in [0.25, 0.3) is 5.56 Å². The normalized spacial score (nSPS) is 11.8. The maximum Gasteiger partial charge on any atom is 0.332 e. The molecule has 1 amide bonds. The van der Waals surface area contributed by atoms with Crippen LogP contribution in [0.5, 0.6) is 0 Å². The van der Waals surface area contributed by atoms with Crippen LogP contribution in [-0.2, 0) is 30.8 Å². The Morgan fingerprint density at radius 3 is 2.55 bits per heavy atom. The second-order valence-electron chi connectivity index (χ2n) is 7.71. The third-order valence-electron chi connectivity index (χ3n) is 5.13. The second kappa shape index (κ2) is 7.65. The van der Waals surface area contributed by atoms with Gasteiger partial charge in [-0.05, 0) is 11.6 Å². The van der Waals surface area contributed by atoms with E-state index in [9.17, 15) is 18.8 Å². The van der Waals surface area contributed by atoms with Crippen molar-refractivity contribution in [2.45, 2.75) is 32.2 Å². The van der Waals surface area contributed by atoms with Gasteiger partial charge in [0, 0.05) is 39.0 Å². The van der Waals surface area contributed by atoms with Crippen LogP contribution in [0.15, 0.2) is 40.2 Å². The molecule has 0 saturated heterocycles. The minimum absolute atomic E-state index is 0.116. The highest BCUT2D eigenvalue weighted by Gasteiger charge is 2.24. The number of carbonyl (C=O) groups is 1. The molecule has 2 heterocycles. The number of hydrogen-bond donors (Lipinski definition) is 1. The van der Waals surface area contributed by atoms with Gasteiger partial charge in [-0.1, -0.05) is 32.0 Å². The van der Waals surface area contributed by atoms with E-state index in [4.69, 9.17) is 0 Å². The monoisotopic (exact) mass is 401 g/mol. The van der Waals surface area contributed by atoms with Crippen LogP contribution in [0, 0.1) is 5.82 Å². The lowest BCUT2D eigenvalue weighted by Crippen LogP contribution is -2.38. The molecule has 0 saturated carbocycles. The van der Waals surface area contributed by atoms with E-state index in [2.05, 4.69) is 10.3 Å². The molecule has 0 aliphatic carbocycles. The lowest BCUT2D eigenvalue weighted by molar-refractivity contribution is -0.121. The van der Waals surface area contributed by atoms with Gasteiger partial charge < -0.3 is 9.88 Å². The van der Waals surface area contributed by atoms with E-state index in [0.717, 1.165) is 4.57 Å². The van der Waals surface area contributed by atoms with Crippen molar-refractivity contribution in [3.05, 3.63) is 62.8 Å². The van der Waals surface area contributed by atoms with E-state index in [1.165, 1.54) is 24.0 Å². The zero-order valence-electron chi connectivity index (χ0n) is 16.9. The quantitative estimate of drug-likeness (QED) is 0.669. The fourth-order valence-electron chi connectivity index (χ4n) is 3.30. The summed E-state index contributed by atoms with van der Waals surface area (Å²) >= 11 is 0. The number of imidazole rings is 1. The summed E-state index contributed by atoms with van der Waals surface area (Å²) in [7, 11) is 2.94. The number of carbonyl (C=O) groups excluding carboxylic acids is 1. The molecule has 0 bridgehead atoms. The summed E-state index contributed by atoms with van der Waals surface area (Å²) in [6, 6.07) is 6.50. The first-order valence-electron chi connectivity index (χ1n) is 9.26. The van der Waals surface area contributed by atoms with Crippen LogP contribution < -0.4 is 16.6 Å². The van der Waals surface area contributed by atoms with Gasteiger partial charge in [-0.2, -0.15) is 0 Å². The topological polar surface area (TPSA) is 90.9 Å². The molecular weight excluding hydrogens is 377 g/mol. The number of amides is 1. The van der Waals surface area contributed by atoms with Crippen molar-refractivity contribution in [3.8, 4) is 0 Å². The van der Waals surface area contributed by atoms with Crippen molar-refractivity contribution in [2.75, 3.05) is 6.54 Å². The molecule has 9 heteroatoms. The number of benzene rings is 1. The van der Waals surface area contributed by atoms with E-state index in [0.29, 0.717) is 5.56 Å². The molecule has 0 aliphatic rings. The summed E-state index contributed by atoms with van der Waals surface area (Å²) in [5, 5.41) is 2.83. The molecule has 0 spiro atoms. The lowest BCUT2D eigenvalue weighted by atomic mass is 9.84. The minimum Gasteiger partial charge on any atom is -0.355 e. The molecule has 0 radical (unpaired) electrons. The molecule has 3 rings (SSSR count). The van der Waals surface area contributed by atoms with Crippen molar-refractivity contribution in [2.24, 2.45) is 14.1 Å². The molecule has 0 atom stereocenters. The number of hydrogen-bond acceptors (Lipinski definition) is 4. The van der Waals surface area contributed by atoms with Gasteiger partial charge in [-0.3, -0.25) is 18.7 Å². The number of halogens is 1. The molecule has 2 aromatic heterocycles. The number of rotatable bonds is 6. The first kappa shape index (κ1) is 20.5. The summed E-state index contributed by atoms with van der Waals surface area (Å²) in [5.74, 6) is -0.531. The summed E-state index contributed by atoms with van der Waals surface area (Å²) in [4.78, 5) is 40.9. The number of nitrogens with zero attached hydrogens (tertiary/aromatic N) is 4. The molecule has 3 aromatic rings. The lowest BCUT2D eigenvalue weighted by Gasteiger charge is -2.26. The third kappa shape index (κ3) is 3.85. The maximum absolute atomic E-state index is 14.0. The Balaban J connectivity index is 1.70. The van der Waals surface area contributed by atoms with E-state index < -0.39 is 16.7 Å². The molecule has 0 fully saturated rings. The summed E-state index contributed by atoms with van der Waals surface area (Å²) < 4.78 is 17.9. The number of fused-ring (bicyclic) bond motifs is 1. The second-order valence-corrected chi connectivity index (χ2v) is 7.71. The van der Waals surface area contributed by atoms with E-state index in [1.54, 1.807) is 29.8 Å². The van der Waals surface area contributed by atoms with Crippen molar-refractivity contribution < 1.29 is 9.18 Å². The van der Waals surface area contributed by atoms with Crippen LogP contribution in [0.3, 0.4) is 0 Å². The smallest absolute Gasteiger partial charge is 0.332 e. The Morgan fingerprint density at radius 2 is 1.86 bits per heavy atom. The van der Waals surface area contributed by atoms with Gasteiger partial charge in [0.05, 0.1) is 6.33 Å². The molecule has 8 nitrogen and oxygen atoms in total. The van der Waals surface area contributed by atoms with E-state index in [-0.39, 0.29) is 42.4 Å². The molecule has 0 unspecified atom stereocenters. The van der Waals surface area contributed by atoms with Crippen molar-refractivity contribution in [1.29, 1.82) is 0 Å². The van der Waals surface area contributed by atoms with Gasteiger partial charge in [0.2, 0.25) is 5.91 Å². The number of aromatic nitrogens is 4. The van der Waals surface area contributed by atoms with E-state index in [1.807, 2.05) is 13.8 Å². The van der Waals surface area contributed by atoms with Crippen LogP contribution in [0.1, 0.15) is 25.8 Å². The Morgan fingerprint density at radius 1 is 1.17 bits per heavy atom. The molecule has 0 aliphatic heterocycles. The van der Waals surface area contributed by atoms with Crippen LogP contribution in [0.2, 0.25) is 0 Å². The first-order valence-corrected chi connectivity index (χ1v) is 9.26. The van der Waals surface area contributed by atoms with Crippen LogP contribution in [0.25, 0.3) is 11.2 Å². The van der Waals surface area contributed by atoms with Gasteiger partial charge in [-0.25, -0.2) is 14.2 Å². The Labute approximate surface area is 166 Å². The maximum atomic E-state index is 14.0. The van der Waals surface area contributed by atoms with Crippen molar-refractivity contribution in [1.82, 2.24) is 24.0 Å². The predicted molar refractivity (Wildman–Crippen MR) is 107 cm³/mol. The van der Waals surface area contributed by atoms with Crippen LogP contribution in [0.4, 0.5) is 4.39 Å². The highest BCUT2D eigenvalue weighted by Crippen LogP contribution is 2.24. The van der Waals surface area contributed by atoms with Gasteiger partial charge >= 0.3 is 5.69 Å². The third-order valence-corrected chi connectivity index (χ3v) is 5.13. The zero-order chi connectivity index (χ0) is 21.3. The van der Waals surface area contributed by atoms with Crippen molar-refractivity contribution in [3.63, 3.8) is 0 Å². The summed E-state index contributed by atoms with van der Waals surface area (Å²) in [6.07, 6.45) is 1.56. The molecule has 29 heavy (non-hydrogen) atoms. The van der Waals surface area contributed by atoms with Crippen LogP contribution >= 0.6 is 0 Å². The summed E-state index contributed by atoms with van der Waals surface area (Å²) in [5.41, 5.74) is -0.405. The number of nitrogens with one attached hydrogen (secondary N) is 1. The van der Waals surface area contributed by atoms with Crippen LogP contribution in [-0.4, -0.2) is 31.1 Å². The molecule has 1 aromatic carbocycles. The van der Waals surface area contributed by atoms with Gasteiger partial charge in [-0.15, -0.1) is 0 Å². The van der Waals surface area contributed by atoms with Gasteiger partial charge in [0.15, 0.2) is 11.2 Å². The fraction of sp³-hybridized carbons (Fsp3) is 0.400. The highest BCUT2D eigenvalue weighted by molar-refractivity contribution is 5.76. The number of aryl methyl sites for hydroxylation is 2. The Kier molecular flexibility index (Phi) is 5.41. The Hall–Kier alpha value is -3.23. The average Bonchev–Trinajstić information content (AvgIpc) is 3.12. The minimum atomic E-state index is -0.572. The largest absolute Gasteiger partial charge is 0.355 e. The standard InChI is InChI=1S/C20H24FN5O3/c1-20(2,13-7-5-6-8-14(13)21)11-22-15(27)9-10-26-12-23-17-16(26)18(28)25(4)19(29)24(17)3/h5-8,12H,9-11H2,1-4H3,(H,22,27). The predicted octanol–water partition coefficient (Wildman–Crippen LogP) is 1.06. The average molecular weight is 401 g/mol. The highest BCUT2D eigenvalue weighted by atomic mass is 19.1. The SMILES string of the molecule is Cn1c(=O)c2c(ncn2CCC(=O)NCC(C)(C)c2ccccc2F)n(C)c1=O. The molecule has 1 N–H and O–H groups in total. The molecular formula is C20H24FN5O3. The first-order chi connectivity index (χ1) is 13.6. The summed E-state index contributed by atoms with van der Waals surface area (Å²) in [6.45, 7) is 4.22. The van der Waals surface area contributed by atoms with Gasteiger partial charge in [0.1, 0.15) is 5.82 Å². The van der Waals surface area contributed by atoms with E-state index >= 15 is 0 Å². The van der Waals surface area contributed by atoms with Crippen molar-refractivity contribution >= 4 is 17.1 Å². The fourth-order valence-corrected chi connectivity index (χ4v) is 3.30. The molecule has 154 valence electrons. The Bertz CT molecular complexity index is 1190.